The Kier molecular flexibility index (Phi) is 2.65. The van der Waals surface area contributed by atoms with Crippen LogP contribution >= 0.6 is 11.3 Å². The van der Waals surface area contributed by atoms with Crippen molar-refractivity contribution in [3.63, 3.8) is 0 Å². The van der Waals surface area contributed by atoms with Crippen molar-refractivity contribution in [1.82, 2.24) is 14.5 Å². The van der Waals surface area contributed by atoms with E-state index in [1.54, 1.807) is 11.3 Å². The van der Waals surface area contributed by atoms with Crippen LogP contribution in [0.25, 0.3) is 21.7 Å². The molecule has 5 heteroatoms. The molecule has 0 fully saturated rings. The van der Waals surface area contributed by atoms with Gasteiger partial charge in [-0.3, -0.25) is 0 Å². The van der Waals surface area contributed by atoms with Crippen LogP contribution in [0.5, 0.6) is 0 Å². The van der Waals surface area contributed by atoms with Gasteiger partial charge >= 0.3 is 0 Å². The normalized spacial score (nSPS) is 11.3. The molecule has 0 aliphatic carbocycles. The number of aryl methyl sites for hydroxylation is 2. The van der Waals surface area contributed by atoms with Crippen molar-refractivity contribution >= 4 is 22.4 Å². The van der Waals surface area contributed by atoms with E-state index in [1.807, 2.05) is 32.3 Å². The van der Waals surface area contributed by atoms with E-state index in [0.29, 0.717) is 6.54 Å². The van der Waals surface area contributed by atoms with Crippen LogP contribution in [-0.4, -0.2) is 14.5 Å². The van der Waals surface area contributed by atoms with Gasteiger partial charge in [-0.15, -0.1) is 11.3 Å². The molecule has 0 saturated carbocycles. The van der Waals surface area contributed by atoms with Gasteiger partial charge in [0.15, 0.2) is 5.82 Å². The zero-order chi connectivity index (χ0) is 12.7. The van der Waals surface area contributed by atoms with Gasteiger partial charge < -0.3 is 10.3 Å². The Balaban J connectivity index is 2.28. The quantitative estimate of drug-likeness (QED) is 0.768. The molecule has 1 aromatic carbocycles. The molecule has 2 N–H and O–H groups in total. The van der Waals surface area contributed by atoms with Gasteiger partial charge in [0.05, 0.1) is 20.9 Å². The molecule has 0 amide bonds. The first-order valence-electron chi connectivity index (χ1n) is 5.78. The van der Waals surface area contributed by atoms with Gasteiger partial charge in [0, 0.05) is 19.8 Å². The van der Waals surface area contributed by atoms with Crippen LogP contribution in [0.2, 0.25) is 0 Å². The van der Waals surface area contributed by atoms with Gasteiger partial charge in [-0.05, 0) is 18.6 Å². The molecule has 4 nitrogen and oxygen atoms in total. The maximum Gasteiger partial charge on any atom is 0.152 e. The zero-order valence-corrected chi connectivity index (χ0v) is 11.2. The number of benzene rings is 1. The fourth-order valence-corrected chi connectivity index (χ4v) is 2.93. The molecule has 0 radical (unpaired) electrons. The molecular weight excluding hydrogens is 244 g/mol. The summed E-state index contributed by atoms with van der Waals surface area (Å²) in [7, 11) is 2.03. The van der Waals surface area contributed by atoms with E-state index in [0.717, 1.165) is 32.3 Å². The average Bonchev–Trinajstić information content (AvgIpc) is 2.94. The predicted octanol–water partition coefficient (Wildman–Crippen LogP) is 2.46. The van der Waals surface area contributed by atoms with E-state index >= 15 is 0 Å². The number of para-hydroxylation sites is 1. The number of hydrogen-bond donors (Lipinski definition) is 1. The maximum absolute atomic E-state index is 5.76. The Labute approximate surface area is 109 Å². The molecule has 2 aromatic heterocycles. The number of hydrogen-bond acceptors (Lipinski definition) is 4. The number of nitrogens with two attached hydrogens (primary N) is 1. The Morgan fingerprint density at radius 3 is 2.89 bits per heavy atom. The first kappa shape index (κ1) is 11.4. The summed E-state index contributed by atoms with van der Waals surface area (Å²) in [5.41, 5.74) is 8.94. The fourth-order valence-electron chi connectivity index (χ4n) is 2.12. The molecule has 0 unspecified atom stereocenters. The Morgan fingerprint density at radius 1 is 1.39 bits per heavy atom. The summed E-state index contributed by atoms with van der Waals surface area (Å²) < 4.78 is 2.10. The van der Waals surface area contributed by atoms with E-state index in [9.17, 15) is 0 Å². The van der Waals surface area contributed by atoms with Crippen LogP contribution < -0.4 is 5.73 Å². The third-order valence-electron chi connectivity index (χ3n) is 3.06. The number of imidazole rings is 1. The van der Waals surface area contributed by atoms with E-state index in [1.165, 1.54) is 0 Å². The summed E-state index contributed by atoms with van der Waals surface area (Å²) in [4.78, 5) is 10.1. The first-order valence-corrected chi connectivity index (χ1v) is 6.59. The first-order chi connectivity index (χ1) is 8.70. The minimum absolute atomic E-state index is 0.509. The van der Waals surface area contributed by atoms with Crippen LogP contribution in [0, 0.1) is 6.92 Å². The maximum atomic E-state index is 5.76. The van der Waals surface area contributed by atoms with E-state index in [2.05, 4.69) is 15.6 Å². The minimum Gasteiger partial charge on any atom is -0.326 e. The lowest BCUT2D eigenvalue weighted by molar-refractivity contribution is 0.962. The Hall–Kier alpha value is -1.72. The van der Waals surface area contributed by atoms with E-state index < -0.39 is 0 Å². The molecule has 3 rings (SSSR count). The van der Waals surface area contributed by atoms with E-state index in [4.69, 9.17) is 10.7 Å². The number of aromatic nitrogens is 3. The van der Waals surface area contributed by atoms with Gasteiger partial charge in [0.2, 0.25) is 0 Å². The number of fused-ring (bicyclic) bond motifs is 1. The summed E-state index contributed by atoms with van der Waals surface area (Å²) >= 11 is 1.66. The van der Waals surface area contributed by atoms with Crippen molar-refractivity contribution in [2.45, 2.75) is 13.5 Å². The summed E-state index contributed by atoms with van der Waals surface area (Å²) in [6.07, 6.45) is 1.88. The highest BCUT2D eigenvalue weighted by Crippen LogP contribution is 2.29. The van der Waals surface area contributed by atoms with Gasteiger partial charge in [0.25, 0.3) is 0 Å². The molecule has 0 saturated heterocycles. The molecule has 0 aliphatic heterocycles. The van der Waals surface area contributed by atoms with Crippen molar-refractivity contribution in [1.29, 1.82) is 0 Å². The second-order valence-corrected chi connectivity index (χ2v) is 5.46. The van der Waals surface area contributed by atoms with Gasteiger partial charge in [0.1, 0.15) is 0 Å². The number of thiazole rings is 1. The summed E-state index contributed by atoms with van der Waals surface area (Å²) in [6.45, 7) is 2.51. The van der Waals surface area contributed by atoms with Crippen molar-refractivity contribution in [2.75, 3.05) is 0 Å². The predicted molar refractivity (Wildman–Crippen MR) is 74.5 cm³/mol. The molecule has 0 atom stereocenters. The SMILES string of the molecule is Cc1ncc(-c2nc3c(CN)cccc3n2C)s1. The summed E-state index contributed by atoms with van der Waals surface area (Å²) in [5, 5.41) is 1.05. The zero-order valence-electron chi connectivity index (χ0n) is 10.3. The van der Waals surface area contributed by atoms with Gasteiger partial charge in [-0.1, -0.05) is 12.1 Å². The van der Waals surface area contributed by atoms with E-state index in [-0.39, 0.29) is 0 Å². The van der Waals surface area contributed by atoms with Gasteiger partial charge in [-0.2, -0.15) is 0 Å². The standard InChI is InChI=1S/C13H14N4S/c1-8-15-7-11(18-8)13-16-12-9(6-14)4-3-5-10(12)17(13)2/h3-5,7H,6,14H2,1-2H3. The third-order valence-corrected chi connectivity index (χ3v) is 3.97. The molecule has 2 heterocycles. The monoisotopic (exact) mass is 258 g/mol. The third kappa shape index (κ3) is 1.63. The lowest BCUT2D eigenvalue weighted by Gasteiger charge is -1.99. The topological polar surface area (TPSA) is 56.7 Å². The summed E-state index contributed by atoms with van der Waals surface area (Å²) in [6, 6.07) is 6.11. The van der Waals surface area contributed by atoms with Crippen molar-refractivity contribution < 1.29 is 0 Å². The lowest BCUT2D eigenvalue weighted by atomic mass is 10.2. The highest BCUT2D eigenvalue weighted by Gasteiger charge is 2.13. The Morgan fingerprint density at radius 2 is 2.22 bits per heavy atom. The van der Waals surface area contributed by atoms with Crippen molar-refractivity contribution in [3.05, 3.63) is 35.0 Å². The van der Waals surface area contributed by atoms with Crippen molar-refractivity contribution in [3.8, 4) is 10.7 Å². The highest BCUT2D eigenvalue weighted by atomic mass is 32.1. The smallest absolute Gasteiger partial charge is 0.152 e. The molecule has 3 aromatic rings. The molecule has 0 aliphatic rings. The van der Waals surface area contributed by atoms with Crippen LogP contribution in [0.4, 0.5) is 0 Å². The summed E-state index contributed by atoms with van der Waals surface area (Å²) in [5.74, 6) is 0.955. The second kappa shape index (κ2) is 4.19. The van der Waals surface area contributed by atoms with Crippen LogP contribution in [0.15, 0.2) is 24.4 Å². The molecule has 92 valence electrons. The lowest BCUT2D eigenvalue weighted by Crippen LogP contribution is -1.97. The number of rotatable bonds is 2. The molecule has 0 bridgehead atoms. The van der Waals surface area contributed by atoms with Crippen molar-refractivity contribution in [2.24, 2.45) is 12.8 Å². The second-order valence-electron chi connectivity index (χ2n) is 4.23. The van der Waals surface area contributed by atoms with Crippen LogP contribution in [0.3, 0.4) is 0 Å². The largest absolute Gasteiger partial charge is 0.326 e. The molecule has 18 heavy (non-hydrogen) atoms. The Bertz CT molecular complexity index is 711. The van der Waals surface area contributed by atoms with Gasteiger partial charge in [-0.25, -0.2) is 9.97 Å². The highest BCUT2D eigenvalue weighted by molar-refractivity contribution is 7.15. The number of nitrogens with zero attached hydrogens (tertiary/aromatic N) is 3. The average molecular weight is 258 g/mol. The molecular formula is C13H14N4S. The minimum atomic E-state index is 0.509. The fraction of sp³-hybridized carbons (Fsp3) is 0.231. The van der Waals surface area contributed by atoms with Crippen LogP contribution in [-0.2, 0) is 13.6 Å². The molecule has 0 spiro atoms. The van der Waals surface area contributed by atoms with Crippen LogP contribution in [0.1, 0.15) is 10.6 Å².